The van der Waals surface area contributed by atoms with Crippen molar-refractivity contribution in [1.29, 1.82) is 0 Å². The number of aromatic nitrogens is 2. The van der Waals surface area contributed by atoms with E-state index in [0.717, 1.165) is 11.1 Å². The molecule has 0 saturated carbocycles. The number of nitro benzene ring substituents is 1. The van der Waals surface area contributed by atoms with E-state index < -0.39 is 10.8 Å². The summed E-state index contributed by atoms with van der Waals surface area (Å²) in [6.45, 7) is 1.96. The Morgan fingerprint density at radius 1 is 1.24 bits per heavy atom. The summed E-state index contributed by atoms with van der Waals surface area (Å²) >= 11 is 7.02. The van der Waals surface area contributed by atoms with Crippen molar-refractivity contribution in [3.63, 3.8) is 0 Å². The SMILES string of the molecule is Cc1cccc(-c2nnc(NC(=O)c3cc(Cl)ccc3[N+](=O)[O-])s2)c1. The fourth-order valence-electron chi connectivity index (χ4n) is 2.18. The van der Waals surface area contributed by atoms with Crippen LogP contribution < -0.4 is 5.32 Å². The molecule has 0 bridgehead atoms. The van der Waals surface area contributed by atoms with Crippen LogP contribution in [0.4, 0.5) is 10.8 Å². The van der Waals surface area contributed by atoms with E-state index in [2.05, 4.69) is 15.5 Å². The van der Waals surface area contributed by atoms with Gasteiger partial charge in [-0.3, -0.25) is 20.2 Å². The van der Waals surface area contributed by atoms with Gasteiger partial charge >= 0.3 is 0 Å². The number of benzene rings is 2. The van der Waals surface area contributed by atoms with Crippen LogP contribution in [0, 0.1) is 17.0 Å². The summed E-state index contributed by atoms with van der Waals surface area (Å²) in [6, 6.07) is 11.5. The molecule has 3 aromatic rings. The normalized spacial score (nSPS) is 10.5. The Labute approximate surface area is 151 Å². The van der Waals surface area contributed by atoms with Crippen LogP contribution in [0.3, 0.4) is 0 Å². The number of halogens is 1. The second kappa shape index (κ2) is 6.96. The average Bonchev–Trinajstić information content (AvgIpc) is 3.03. The van der Waals surface area contributed by atoms with E-state index in [4.69, 9.17) is 11.6 Å². The molecule has 0 atom stereocenters. The second-order valence-corrected chi connectivity index (χ2v) is 6.57. The minimum absolute atomic E-state index is 0.134. The molecule has 3 rings (SSSR count). The summed E-state index contributed by atoms with van der Waals surface area (Å²) in [5.74, 6) is -0.666. The maximum absolute atomic E-state index is 12.4. The van der Waals surface area contributed by atoms with Crippen LogP contribution in [0.5, 0.6) is 0 Å². The Morgan fingerprint density at radius 3 is 2.76 bits per heavy atom. The van der Waals surface area contributed by atoms with Gasteiger partial charge in [-0.15, -0.1) is 10.2 Å². The predicted octanol–water partition coefficient (Wildman–Crippen LogP) is 4.33. The number of rotatable bonds is 4. The van der Waals surface area contributed by atoms with Crippen molar-refractivity contribution in [2.45, 2.75) is 6.92 Å². The largest absolute Gasteiger partial charge is 0.296 e. The van der Waals surface area contributed by atoms with Crippen molar-refractivity contribution in [2.75, 3.05) is 5.32 Å². The van der Waals surface area contributed by atoms with E-state index in [1.807, 2.05) is 31.2 Å². The topological polar surface area (TPSA) is 98.0 Å². The van der Waals surface area contributed by atoms with Crippen molar-refractivity contribution in [3.8, 4) is 10.6 Å². The molecule has 1 aromatic heterocycles. The molecule has 0 aliphatic carbocycles. The molecule has 0 spiro atoms. The highest BCUT2D eigenvalue weighted by molar-refractivity contribution is 7.18. The number of hydrogen-bond donors (Lipinski definition) is 1. The Hall–Kier alpha value is -2.84. The maximum Gasteiger partial charge on any atom is 0.282 e. The third-order valence-corrected chi connectivity index (χ3v) is 4.43. The van der Waals surface area contributed by atoms with Gasteiger partial charge in [-0.25, -0.2) is 0 Å². The number of carbonyl (C=O) groups excluding carboxylic acids is 1. The second-order valence-electron chi connectivity index (χ2n) is 5.15. The summed E-state index contributed by atoms with van der Waals surface area (Å²) < 4.78 is 0. The van der Waals surface area contributed by atoms with Gasteiger partial charge in [0.1, 0.15) is 10.6 Å². The van der Waals surface area contributed by atoms with E-state index in [1.165, 1.54) is 29.5 Å². The van der Waals surface area contributed by atoms with E-state index in [1.54, 1.807) is 0 Å². The third-order valence-electron chi connectivity index (χ3n) is 3.31. The van der Waals surface area contributed by atoms with Gasteiger partial charge in [-0.2, -0.15) is 0 Å². The highest BCUT2D eigenvalue weighted by atomic mass is 35.5. The van der Waals surface area contributed by atoms with Gasteiger partial charge < -0.3 is 0 Å². The van der Waals surface area contributed by atoms with Crippen LogP contribution in [0.2, 0.25) is 5.02 Å². The Bertz CT molecular complexity index is 974. The average molecular weight is 375 g/mol. The first kappa shape index (κ1) is 17.0. The summed E-state index contributed by atoms with van der Waals surface area (Å²) in [7, 11) is 0. The van der Waals surface area contributed by atoms with E-state index >= 15 is 0 Å². The smallest absolute Gasteiger partial charge is 0.282 e. The van der Waals surface area contributed by atoms with Crippen LogP contribution in [0.15, 0.2) is 42.5 Å². The number of nitrogens with zero attached hydrogens (tertiary/aromatic N) is 3. The molecule has 0 aliphatic rings. The fraction of sp³-hybridized carbons (Fsp3) is 0.0625. The highest BCUT2D eigenvalue weighted by Crippen LogP contribution is 2.28. The first-order valence-corrected chi connectivity index (χ1v) is 8.29. The molecule has 0 fully saturated rings. The van der Waals surface area contributed by atoms with Crippen LogP contribution in [0.1, 0.15) is 15.9 Å². The summed E-state index contributed by atoms with van der Waals surface area (Å²) in [4.78, 5) is 22.8. The van der Waals surface area contributed by atoms with Gasteiger partial charge in [0.05, 0.1) is 4.92 Å². The van der Waals surface area contributed by atoms with Crippen molar-refractivity contribution in [2.24, 2.45) is 0 Å². The molecule has 2 aromatic carbocycles. The summed E-state index contributed by atoms with van der Waals surface area (Å²) in [5, 5.41) is 22.7. The lowest BCUT2D eigenvalue weighted by Crippen LogP contribution is -2.13. The minimum Gasteiger partial charge on any atom is -0.296 e. The van der Waals surface area contributed by atoms with Crippen LogP contribution in [0.25, 0.3) is 10.6 Å². The Balaban J connectivity index is 1.85. The van der Waals surface area contributed by atoms with E-state index in [0.29, 0.717) is 5.01 Å². The Kier molecular flexibility index (Phi) is 4.73. The number of carbonyl (C=O) groups is 1. The molecule has 1 heterocycles. The highest BCUT2D eigenvalue weighted by Gasteiger charge is 2.21. The molecule has 0 unspecified atom stereocenters. The van der Waals surface area contributed by atoms with Gasteiger partial charge in [0.15, 0.2) is 0 Å². The number of nitro groups is 1. The molecule has 0 radical (unpaired) electrons. The fourth-order valence-corrected chi connectivity index (χ4v) is 3.09. The molecule has 0 aliphatic heterocycles. The predicted molar refractivity (Wildman–Crippen MR) is 96.1 cm³/mol. The lowest BCUT2D eigenvalue weighted by atomic mass is 10.1. The zero-order chi connectivity index (χ0) is 18.0. The lowest BCUT2D eigenvalue weighted by Gasteiger charge is -2.03. The molecule has 7 nitrogen and oxygen atoms in total. The molecule has 126 valence electrons. The van der Waals surface area contributed by atoms with Crippen molar-refractivity contribution >= 4 is 39.7 Å². The molecule has 1 amide bonds. The molecule has 25 heavy (non-hydrogen) atoms. The molecule has 9 heteroatoms. The first-order chi connectivity index (χ1) is 11.9. The summed E-state index contributed by atoms with van der Waals surface area (Å²) in [6.07, 6.45) is 0. The first-order valence-electron chi connectivity index (χ1n) is 7.10. The number of anilines is 1. The van der Waals surface area contributed by atoms with Crippen LogP contribution >= 0.6 is 22.9 Å². The van der Waals surface area contributed by atoms with Crippen LogP contribution in [-0.2, 0) is 0 Å². The van der Waals surface area contributed by atoms with Gasteiger partial charge in [-0.05, 0) is 25.1 Å². The van der Waals surface area contributed by atoms with Crippen molar-refractivity contribution in [3.05, 3.63) is 68.7 Å². The summed E-state index contributed by atoms with van der Waals surface area (Å²) in [5.41, 5.74) is 1.50. The lowest BCUT2D eigenvalue weighted by molar-refractivity contribution is -0.385. The standard InChI is InChI=1S/C16H11ClN4O3S/c1-9-3-2-4-10(7-9)15-19-20-16(25-15)18-14(22)12-8-11(17)5-6-13(12)21(23)24/h2-8H,1H3,(H,18,20,22). The molecule has 0 saturated heterocycles. The molecule has 1 N–H and O–H groups in total. The van der Waals surface area contributed by atoms with E-state index in [9.17, 15) is 14.9 Å². The molecular weight excluding hydrogens is 364 g/mol. The number of nitrogens with one attached hydrogen (secondary N) is 1. The maximum atomic E-state index is 12.4. The zero-order valence-corrected chi connectivity index (χ0v) is 14.5. The minimum atomic E-state index is -0.666. The van der Waals surface area contributed by atoms with Gasteiger partial charge in [0.25, 0.3) is 11.6 Å². The molecular formula is C16H11ClN4O3S. The number of amides is 1. The Morgan fingerprint density at radius 2 is 2.04 bits per heavy atom. The monoisotopic (exact) mass is 374 g/mol. The van der Waals surface area contributed by atoms with Gasteiger partial charge in [-0.1, -0.05) is 46.7 Å². The van der Waals surface area contributed by atoms with E-state index in [-0.39, 0.29) is 21.4 Å². The van der Waals surface area contributed by atoms with Crippen molar-refractivity contribution in [1.82, 2.24) is 10.2 Å². The number of hydrogen-bond acceptors (Lipinski definition) is 6. The quantitative estimate of drug-likeness (QED) is 0.541. The van der Waals surface area contributed by atoms with Gasteiger partial charge in [0, 0.05) is 16.7 Å². The number of aryl methyl sites for hydroxylation is 1. The van der Waals surface area contributed by atoms with Crippen molar-refractivity contribution < 1.29 is 9.72 Å². The zero-order valence-electron chi connectivity index (χ0n) is 12.9. The van der Waals surface area contributed by atoms with Gasteiger partial charge in [0.2, 0.25) is 5.13 Å². The third kappa shape index (κ3) is 3.81. The van der Waals surface area contributed by atoms with Crippen LogP contribution in [-0.4, -0.2) is 21.0 Å².